The Kier molecular flexibility index (Phi) is 4.16. The Morgan fingerprint density at radius 1 is 0.786 bits per heavy atom. The molecule has 0 aliphatic rings. The van der Waals surface area contributed by atoms with E-state index in [9.17, 15) is 26.3 Å². The fraction of sp³-hybridized carbons (Fsp3) is 1.00. The summed E-state index contributed by atoms with van der Waals surface area (Å²) in [5.41, 5.74) is 0. The molecule has 0 rings (SSSR count). The third kappa shape index (κ3) is 2.44. The van der Waals surface area contributed by atoms with Crippen molar-refractivity contribution < 1.29 is 26.3 Å². The molecular formula is C4Br2Cl2F6. The van der Waals surface area contributed by atoms with Crippen LogP contribution in [-0.2, 0) is 0 Å². The smallest absolute Gasteiger partial charge is 0.218 e. The Morgan fingerprint density at radius 2 is 1.07 bits per heavy atom. The molecule has 0 nitrogen and oxygen atoms in total. The largest absolute Gasteiger partial charge is 0.373 e. The van der Waals surface area contributed by atoms with Crippen LogP contribution in [0.2, 0.25) is 0 Å². The van der Waals surface area contributed by atoms with Crippen LogP contribution < -0.4 is 0 Å². The average molecular weight is 393 g/mol. The predicted octanol–water partition coefficient (Wildman–Crippen LogP) is 4.77. The van der Waals surface area contributed by atoms with E-state index in [0.717, 1.165) is 0 Å². The number of halogens is 10. The molecule has 10 heteroatoms. The summed E-state index contributed by atoms with van der Waals surface area (Å²) in [5, 5.41) is -9.85. The third-order valence-electron chi connectivity index (χ3n) is 1.11. The van der Waals surface area contributed by atoms with Crippen LogP contribution >= 0.6 is 55.1 Å². The first kappa shape index (κ1) is 15.1. The van der Waals surface area contributed by atoms with Crippen LogP contribution in [0.4, 0.5) is 26.3 Å². The van der Waals surface area contributed by atoms with Crippen LogP contribution in [0.3, 0.4) is 0 Å². The Morgan fingerprint density at radius 3 is 1.14 bits per heavy atom. The predicted molar refractivity (Wildman–Crippen MR) is 47.1 cm³/mol. The molecule has 0 saturated heterocycles. The van der Waals surface area contributed by atoms with Crippen LogP contribution in [0.1, 0.15) is 0 Å². The van der Waals surface area contributed by atoms with E-state index in [1.807, 2.05) is 0 Å². The van der Waals surface area contributed by atoms with E-state index in [0.29, 0.717) is 0 Å². The van der Waals surface area contributed by atoms with Crippen molar-refractivity contribution >= 4 is 55.1 Å². The van der Waals surface area contributed by atoms with E-state index in [4.69, 9.17) is 0 Å². The van der Waals surface area contributed by atoms with Crippen LogP contribution in [0.5, 0.6) is 0 Å². The van der Waals surface area contributed by atoms with Crippen LogP contribution in [0.25, 0.3) is 0 Å². The summed E-state index contributed by atoms with van der Waals surface area (Å²) in [5.74, 6) is 0. The fourth-order valence-corrected chi connectivity index (χ4v) is 1.36. The number of alkyl halides is 10. The second-order valence-electron chi connectivity index (χ2n) is 2.14. The van der Waals surface area contributed by atoms with Gasteiger partial charge in [0.2, 0.25) is 0 Å². The molecule has 0 aliphatic heterocycles. The van der Waals surface area contributed by atoms with Gasteiger partial charge >= 0.3 is 15.3 Å². The number of hydrogen-bond donors (Lipinski definition) is 0. The number of rotatable bonds is 3. The third-order valence-corrected chi connectivity index (χ3v) is 4.31. The maximum absolute atomic E-state index is 12.9. The molecule has 0 aromatic heterocycles. The highest BCUT2D eigenvalue weighted by atomic mass is 79.9. The van der Waals surface area contributed by atoms with Crippen molar-refractivity contribution in [1.29, 1.82) is 0 Å². The SMILES string of the molecule is FC(F)(Br)[C@](F)(Br)[C@](F)(Cl)C(F)(F)Cl. The van der Waals surface area contributed by atoms with E-state index < -0.39 is 19.9 Å². The molecule has 0 N–H and O–H groups in total. The molecule has 0 amide bonds. The quantitative estimate of drug-likeness (QED) is 0.479. The van der Waals surface area contributed by atoms with Gasteiger partial charge in [0.25, 0.3) is 4.58 Å². The lowest BCUT2D eigenvalue weighted by Gasteiger charge is -2.34. The molecule has 0 aromatic carbocycles. The van der Waals surface area contributed by atoms with Gasteiger partial charge in [-0.05, 0) is 43.5 Å². The molecule has 0 spiro atoms. The van der Waals surface area contributed by atoms with Gasteiger partial charge in [-0.15, -0.1) is 0 Å². The molecule has 14 heavy (non-hydrogen) atoms. The standard InChI is InChI=1S/C4Br2Cl2F6/c5-1(9,3(6,11)12)2(7,10)4(8,13)14/t1-,2+/m0/s1. The van der Waals surface area contributed by atoms with Gasteiger partial charge in [0.15, 0.2) is 0 Å². The maximum atomic E-state index is 12.9. The van der Waals surface area contributed by atoms with Crippen molar-refractivity contribution in [3.05, 3.63) is 0 Å². The molecule has 0 aromatic rings. The molecule has 0 fully saturated rings. The lowest BCUT2D eigenvalue weighted by molar-refractivity contribution is -0.126. The summed E-state index contributed by atoms with van der Waals surface area (Å²) in [6.07, 6.45) is 0. The molecule has 2 atom stereocenters. The Hall–Kier alpha value is 1.12. The van der Waals surface area contributed by atoms with Crippen molar-refractivity contribution in [1.82, 2.24) is 0 Å². The maximum Gasteiger partial charge on any atom is 0.373 e. The lowest BCUT2D eigenvalue weighted by atomic mass is 10.2. The molecule has 86 valence electrons. The molecule has 0 heterocycles. The molecule has 0 aliphatic carbocycles. The van der Waals surface area contributed by atoms with Gasteiger partial charge in [0, 0.05) is 0 Å². The minimum Gasteiger partial charge on any atom is -0.218 e. The summed E-state index contributed by atoms with van der Waals surface area (Å²) in [7, 11) is 0. The zero-order valence-corrected chi connectivity index (χ0v) is 10.5. The van der Waals surface area contributed by atoms with E-state index in [1.54, 1.807) is 0 Å². The van der Waals surface area contributed by atoms with Gasteiger partial charge in [-0.2, -0.15) is 17.6 Å². The first-order chi connectivity index (χ1) is 5.75. The summed E-state index contributed by atoms with van der Waals surface area (Å²) in [6, 6.07) is 0. The van der Waals surface area contributed by atoms with Gasteiger partial charge in [-0.1, -0.05) is 11.6 Å². The minimum absolute atomic E-state index is 1.36. The Bertz CT molecular complexity index is 195. The highest BCUT2D eigenvalue weighted by Crippen LogP contribution is 2.59. The van der Waals surface area contributed by atoms with E-state index in [-0.39, 0.29) is 0 Å². The van der Waals surface area contributed by atoms with Crippen molar-refractivity contribution in [3.63, 3.8) is 0 Å². The summed E-state index contributed by atoms with van der Waals surface area (Å²) in [4.78, 5) is -4.67. The van der Waals surface area contributed by atoms with Crippen molar-refractivity contribution in [2.45, 2.75) is 19.9 Å². The van der Waals surface area contributed by atoms with Crippen molar-refractivity contribution in [2.75, 3.05) is 0 Å². The van der Waals surface area contributed by atoms with Crippen LogP contribution in [0, 0.1) is 0 Å². The Balaban J connectivity index is 5.30. The lowest BCUT2D eigenvalue weighted by Crippen LogP contribution is -2.56. The van der Waals surface area contributed by atoms with Gasteiger partial charge in [0.05, 0.1) is 0 Å². The van der Waals surface area contributed by atoms with E-state index in [1.165, 1.54) is 31.9 Å². The van der Waals surface area contributed by atoms with Gasteiger partial charge in [-0.25, -0.2) is 8.78 Å². The first-order valence-corrected chi connectivity index (χ1v) is 4.98. The van der Waals surface area contributed by atoms with Gasteiger partial charge < -0.3 is 0 Å². The first-order valence-electron chi connectivity index (χ1n) is 2.64. The second kappa shape index (κ2) is 3.85. The summed E-state index contributed by atoms with van der Waals surface area (Å²) in [6.45, 7) is 0. The van der Waals surface area contributed by atoms with Gasteiger partial charge in [-0.3, -0.25) is 0 Å². The zero-order valence-electron chi connectivity index (χ0n) is 5.78. The molecule has 0 unspecified atom stereocenters. The highest BCUT2D eigenvalue weighted by Gasteiger charge is 2.75. The Labute approximate surface area is 101 Å². The molecule has 0 saturated carbocycles. The number of hydrogen-bond acceptors (Lipinski definition) is 0. The van der Waals surface area contributed by atoms with Crippen molar-refractivity contribution in [2.24, 2.45) is 0 Å². The van der Waals surface area contributed by atoms with Crippen molar-refractivity contribution in [3.8, 4) is 0 Å². The van der Waals surface area contributed by atoms with Crippen LogP contribution in [-0.4, -0.2) is 19.9 Å². The van der Waals surface area contributed by atoms with Gasteiger partial charge in [0.1, 0.15) is 0 Å². The summed E-state index contributed by atoms with van der Waals surface area (Å²) >= 11 is 11.1. The monoisotopic (exact) mass is 390 g/mol. The molecule has 0 radical (unpaired) electrons. The second-order valence-corrected chi connectivity index (χ2v) is 5.23. The molecule has 0 bridgehead atoms. The summed E-state index contributed by atoms with van der Waals surface area (Å²) < 4.78 is 70.1. The highest BCUT2D eigenvalue weighted by molar-refractivity contribution is 9.12. The van der Waals surface area contributed by atoms with E-state index >= 15 is 0 Å². The molecular weight excluding hydrogens is 393 g/mol. The topological polar surface area (TPSA) is 0 Å². The average Bonchev–Trinajstić information content (AvgIpc) is 1.81. The van der Waals surface area contributed by atoms with Crippen LogP contribution in [0.15, 0.2) is 0 Å². The minimum atomic E-state index is -5.02. The fourth-order valence-electron chi connectivity index (χ4n) is 0.356. The zero-order chi connectivity index (χ0) is 12.0. The normalized spacial score (nSPS) is 22.7. The van der Waals surface area contributed by atoms with E-state index in [2.05, 4.69) is 23.2 Å².